The van der Waals surface area contributed by atoms with Crippen molar-refractivity contribution in [3.63, 3.8) is 0 Å². The number of hydrogen-bond donors (Lipinski definition) is 3. The molecule has 0 aromatic carbocycles. The third-order valence-corrected chi connectivity index (χ3v) is 2.04. The molecule has 82 valence electrons. The molecule has 0 aliphatic rings. The van der Waals surface area contributed by atoms with Crippen LogP contribution in [0.15, 0.2) is 12.1 Å². The van der Waals surface area contributed by atoms with Gasteiger partial charge in [-0.1, -0.05) is 0 Å². The van der Waals surface area contributed by atoms with E-state index < -0.39 is 12.0 Å². The summed E-state index contributed by atoms with van der Waals surface area (Å²) in [6, 6.07) is 2.58. The van der Waals surface area contributed by atoms with Crippen LogP contribution >= 0.6 is 0 Å². The Labute approximate surface area is 87.8 Å². The largest absolute Gasteiger partial charge is 0.506 e. The lowest BCUT2D eigenvalue weighted by atomic mass is 10.2. The van der Waals surface area contributed by atoms with Crippen LogP contribution in [-0.2, 0) is 11.3 Å². The molecule has 1 atom stereocenters. The number of aromatic hydroxyl groups is 1. The van der Waals surface area contributed by atoms with Gasteiger partial charge in [0.2, 0.25) is 0 Å². The predicted molar refractivity (Wildman–Crippen MR) is 54.6 cm³/mol. The van der Waals surface area contributed by atoms with Crippen LogP contribution in [0.2, 0.25) is 0 Å². The molecule has 0 saturated heterocycles. The van der Waals surface area contributed by atoms with Crippen molar-refractivity contribution in [2.24, 2.45) is 0 Å². The number of aromatic nitrogens is 1. The van der Waals surface area contributed by atoms with Crippen molar-refractivity contribution in [1.82, 2.24) is 10.3 Å². The molecule has 1 heterocycles. The zero-order valence-electron chi connectivity index (χ0n) is 8.69. The van der Waals surface area contributed by atoms with Gasteiger partial charge in [0.1, 0.15) is 11.8 Å². The minimum Gasteiger partial charge on any atom is -0.506 e. The molecule has 5 heteroatoms. The van der Waals surface area contributed by atoms with Gasteiger partial charge in [0, 0.05) is 12.2 Å². The predicted octanol–water partition coefficient (Wildman–Crippen LogP) is 0.658. The fraction of sp³-hybridized carbons (Fsp3) is 0.400. The van der Waals surface area contributed by atoms with Crippen molar-refractivity contribution < 1.29 is 15.0 Å². The van der Waals surface area contributed by atoms with Crippen LogP contribution in [0.25, 0.3) is 0 Å². The van der Waals surface area contributed by atoms with Crippen molar-refractivity contribution in [1.29, 1.82) is 0 Å². The second-order valence-electron chi connectivity index (χ2n) is 3.36. The van der Waals surface area contributed by atoms with Gasteiger partial charge in [0.15, 0.2) is 0 Å². The first-order valence-corrected chi connectivity index (χ1v) is 4.62. The van der Waals surface area contributed by atoms with Crippen molar-refractivity contribution in [3.8, 4) is 5.75 Å². The Morgan fingerprint density at radius 1 is 1.60 bits per heavy atom. The number of aryl methyl sites for hydroxylation is 1. The molecule has 0 saturated carbocycles. The average Bonchev–Trinajstić information content (AvgIpc) is 2.18. The molecular formula is C10H14N2O3. The van der Waals surface area contributed by atoms with Gasteiger partial charge in [-0.25, -0.2) is 0 Å². The first kappa shape index (κ1) is 11.5. The topological polar surface area (TPSA) is 82.5 Å². The molecule has 0 aliphatic carbocycles. The van der Waals surface area contributed by atoms with Gasteiger partial charge in [-0.2, -0.15) is 0 Å². The maximum Gasteiger partial charge on any atom is 0.320 e. The number of nitrogens with zero attached hydrogens (tertiary/aromatic N) is 1. The number of carbonyl (C=O) groups is 1. The van der Waals surface area contributed by atoms with Crippen molar-refractivity contribution >= 4 is 5.97 Å². The van der Waals surface area contributed by atoms with E-state index in [4.69, 9.17) is 5.11 Å². The van der Waals surface area contributed by atoms with E-state index in [1.165, 1.54) is 6.92 Å². The molecular weight excluding hydrogens is 196 g/mol. The zero-order valence-corrected chi connectivity index (χ0v) is 8.69. The summed E-state index contributed by atoms with van der Waals surface area (Å²) in [6.07, 6.45) is 0. The SMILES string of the molecule is Cc1ccc(O)c(CNC(C)C(=O)O)n1. The highest BCUT2D eigenvalue weighted by atomic mass is 16.4. The van der Waals surface area contributed by atoms with E-state index in [-0.39, 0.29) is 12.3 Å². The minimum atomic E-state index is -0.929. The third-order valence-electron chi connectivity index (χ3n) is 2.04. The van der Waals surface area contributed by atoms with Crippen molar-refractivity contribution in [3.05, 3.63) is 23.5 Å². The molecule has 5 nitrogen and oxygen atoms in total. The smallest absolute Gasteiger partial charge is 0.320 e. The maximum atomic E-state index is 10.5. The summed E-state index contributed by atoms with van der Waals surface area (Å²) in [5.74, 6) is -0.854. The minimum absolute atomic E-state index is 0.0747. The lowest BCUT2D eigenvalue weighted by Gasteiger charge is -2.09. The Morgan fingerprint density at radius 3 is 2.87 bits per heavy atom. The van der Waals surface area contributed by atoms with E-state index in [0.29, 0.717) is 5.69 Å². The fourth-order valence-corrected chi connectivity index (χ4v) is 1.07. The summed E-state index contributed by atoms with van der Waals surface area (Å²) in [5, 5.41) is 20.8. The summed E-state index contributed by atoms with van der Waals surface area (Å²) in [4.78, 5) is 14.6. The highest BCUT2D eigenvalue weighted by Crippen LogP contribution is 2.14. The quantitative estimate of drug-likeness (QED) is 0.680. The first-order valence-electron chi connectivity index (χ1n) is 4.62. The molecule has 1 aromatic rings. The van der Waals surface area contributed by atoms with Crippen LogP contribution in [0.3, 0.4) is 0 Å². The van der Waals surface area contributed by atoms with Crippen LogP contribution in [0.5, 0.6) is 5.75 Å². The molecule has 0 aliphatic heterocycles. The molecule has 0 amide bonds. The Hall–Kier alpha value is -1.62. The summed E-state index contributed by atoms with van der Waals surface area (Å²) in [6.45, 7) is 3.58. The highest BCUT2D eigenvalue weighted by molar-refractivity contribution is 5.72. The Morgan fingerprint density at radius 2 is 2.27 bits per heavy atom. The first-order chi connectivity index (χ1) is 7.00. The zero-order chi connectivity index (χ0) is 11.4. The lowest BCUT2D eigenvalue weighted by Crippen LogP contribution is -2.33. The fourth-order valence-electron chi connectivity index (χ4n) is 1.07. The number of nitrogens with one attached hydrogen (secondary N) is 1. The number of carboxylic acids is 1. The van der Waals surface area contributed by atoms with E-state index >= 15 is 0 Å². The Kier molecular flexibility index (Phi) is 3.62. The molecule has 0 radical (unpaired) electrons. The van der Waals surface area contributed by atoms with Gasteiger partial charge in [0.25, 0.3) is 0 Å². The highest BCUT2D eigenvalue weighted by Gasteiger charge is 2.11. The van der Waals surface area contributed by atoms with Crippen molar-refractivity contribution in [2.45, 2.75) is 26.4 Å². The maximum absolute atomic E-state index is 10.5. The molecule has 1 unspecified atom stereocenters. The monoisotopic (exact) mass is 210 g/mol. The number of aliphatic carboxylic acids is 1. The van der Waals surface area contributed by atoms with Crippen LogP contribution in [0.4, 0.5) is 0 Å². The van der Waals surface area contributed by atoms with E-state index in [0.717, 1.165) is 5.69 Å². The van der Waals surface area contributed by atoms with Crippen LogP contribution in [-0.4, -0.2) is 27.2 Å². The summed E-state index contributed by atoms with van der Waals surface area (Å²) in [5.41, 5.74) is 1.25. The number of pyridine rings is 1. The summed E-state index contributed by atoms with van der Waals surface area (Å²) in [7, 11) is 0. The van der Waals surface area contributed by atoms with Crippen molar-refractivity contribution in [2.75, 3.05) is 0 Å². The summed E-state index contributed by atoms with van der Waals surface area (Å²) < 4.78 is 0. The molecule has 1 rings (SSSR count). The van der Waals surface area contributed by atoms with E-state index in [9.17, 15) is 9.90 Å². The number of carboxylic acid groups (broad SMARTS) is 1. The number of hydrogen-bond acceptors (Lipinski definition) is 4. The second kappa shape index (κ2) is 4.75. The summed E-state index contributed by atoms with van der Waals surface area (Å²) >= 11 is 0. The normalized spacial score (nSPS) is 12.4. The van der Waals surface area contributed by atoms with E-state index in [2.05, 4.69) is 10.3 Å². The lowest BCUT2D eigenvalue weighted by molar-refractivity contribution is -0.139. The molecule has 15 heavy (non-hydrogen) atoms. The van der Waals surface area contributed by atoms with Gasteiger partial charge >= 0.3 is 5.97 Å². The van der Waals surface area contributed by atoms with Crippen LogP contribution in [0.1, 0.15) is 18.3 Å². The van der Waals surface area contributed by atoms with Crippen LogP contribution < -0.4 is 5.32 Å². The van der Waals surface area contributed by atoms with E-state index in [1.807, 2.05) is 6.92 Å². The second-order valence-corrected chi connectivity index (χ2v) is 3.36. The van der Waals surface area contributed by atoms with Gasteiger partial charge in [0.05, 0.1) is 5.69 Å². The molecule has 0 spiro atoms. The van der Waals surface area contributed by atoms with Crippen LogP contribution in [0, 0.1) is 6.92 Å². The average molecular weight is 210 g/mol. The van der Waals surface area contributed by atoms with Gasteiger partial charge in [-0.05, 0) is 26.0 Å². The van der Waals surface area contributed by atoms with Gasteiger partial charge in [-0.3, -0.25) is 15.1 Å². The Bertz CT molecular complexity index is 366. The van der Waals surface area contributed by atoms with Gasteiger partial charge < -0.3 is 10.2 Å². The third kappa shape index (κ3) is 3.21. The Balaban J connectivity index is 2.65. The molecule has 0 fully saturated rings. The van der Waals surface area contributed by atoms with E-state index in [1.54, 1.807) is 12.1 Å². The molecule has 1 aromatic heterocycles. The van der Waals surface area contributed by atoms with Gasteiger partial charge in [-0.15, -0.1) is 0 Å². The number of rotatable bonds is 4. The molecule has 0 bridgehead atoms. The standard InChI is InChI=1S/C10H14N2O3/c1-6-3-4-9(13)8(12-6)5-11-7(2)10(14)15/h3-4,7,11,13H,5H2,1-2H3,(H,14,15). The molecule has 3 N–H and O–H groups in total.